The third kappa shape index (κ3) is 4.88. The highest BCUT2D eigenvalue weighted by Gasteiger charge is 2.23. The highest BCUT2D eigenvalue weighted by Crippen LogP contribution is 2.10. The molecule has 3 N–H and O–H groups in total. The van der Waals surface area contributed by atoms with Crippen molar-refractivity contribution in [2.24, 2.45) is 0 Å². The van der Waals surface area contributed by atoms with Crippen LogP contribution in [0.4, 0.5) is 0 Å². The molecule has 0 spiro atoms. The molecule has 1 aromatic rings. The molecular formula is C12H13NO7S. The fraction of sp³-hybridized carbons (Fsp3) is 0.250. The van der Waals surface area contributed by atoms with E-state index in [1.165, 1.54) is 24.3 Å². The average molecular weight is 315 g/mol. The number of carboxylic acid groups (broad SMARTS) is 2. The van der Waals surface area contributed by atoms with E-state index in [2.05, 4.69) is 5.32 Å². The van der Waals surface area contributed by atoms with Gasteiger partial charge in [-0.1, -0.05) is 0 Å². The minimum absolute atomic E-state index is 0.0133. The molecule has 0 fully saturated rings. The van der Waals surface area contributed by atoms with Gasteiger partial charge in [-0.15, -0.1) is 0 Å². The smallest absolute Gasteiger partial charge is 0.326 e. The lowest BCUT2D eigenvalue weighted by molar-refractivity contribution is -0.145. The summed E-state index contributed by atoms with van der Waals surface area (Å²) in [7, 11) is -3.40. The molecule has 0 radical (unpaired) electrons. The normalized spacial score (nSPS) is 12.4. The third-order valence-electron chi connectivity index (χ3n) is 2.53. The van der Waals surface area contributed by atoms with Crippen LogP contribution in [0.2, 0.25) is 0 Å². The zero-order chi connectivity index (χ0) is 16.2. The van der Waals surface area contributed by atoms with Crippen molar-refractivity contribution in [2.45, 2.75) is 17.4 Å². The lowest BCUT2D eigenvalue weighted by Crippen LogP contribution is -2.42. The van der Waals surface area contributed by atoms with Crippen LogP contribution in [0.15, 0.2) is 29.2 Å². The fourth-order valence-electron chi connectivity index (χ4n) is 1.47. The van der Waals surface area contributed by atoms with E-state index in [0.29, 0.717) is 0 Å². The van der Waals surface area contributed by atoms with E-state index in [1.807, 2.05) is 0 Å². The molecule has 8 nitrogen and oxygen atoms in total. The summed E-state index contributed by atoms with van der Waals surface area (Å²) in [6.45, 7) is 0. The van der Waals surface area contributed by atoms with Gasteiger partial charge in [0.15, 0.2) is 9.84 Å². The number of sulfone groups is 1. The van der Waals surface area contributed by atoms with Gasteiger partial charge in [-0.2, -0.15) is 0 Å². The van der Waals surface area contributed by atoms with Gasteiger partial charge in [0.05, 0.1) is 11.3 Å². The number of amides is 1. The van der Waals surface area contributed by atoms with Crippen molar-refractivity contribution in [1.82, 2.24) is 5.32 Å². The second-order valence-corrected chi connectivity index (χ2v) is 6.27. The number of hydrogen-bond donors (Lipinski definition) is 3. The molecule has 1 rings (SSSR count). The Morgan fingerprint density at radius 3 is 2.05 bits per heavy atom. The van der Waals surface area contributed by atoms with Crippen molar-refractivity contribution in [3.05, 3.63) is 29.8 Å². The number of hydrogen-bond acceptors (Lipinski definition) is 5. The highest BCUT2D eigenvalue weighted by molar-refractivity contribution is 7.90. The Bertz CT molecular complexity index is 663. The SMILES string of the molecule is CS(=O)(=O)c1ccc(C(=O)NC(CC(=O)O)C(=O)O)cc1. The van der Waals surface area contributed by atoms with Crippen LogP contribution in [-0.4, -0.2) is 48.8 Å². The van der Waals surface area contributed by atoms with Crippen LogP contribution in [0.3, 0.4) is 0 Å². The van der Waals surface area contributed by atoms with Crippen LogP contribution in [-0.2, 0) is 19.4 Å². The Morgan fingerprint density at radius 1 is 1.14 bits per heavy atom. The summed E-state index contributed by atoms with van der Waals surface area (Å²) >= 11 is 0. The van der Waals surface area contributed by atoms with Gasteiger partial charge >= 0.3 is 11.9 Å². The monoisotopic (exact) mass is 315 g/mol. The summed E-state index contributed by atoms with van der Waals surface area (Å²) in [5, 5.41) is 19.4. The van der Waals surface area contributed by atoms with E-state index in [1.54, 1.807) is 0 Å². The van der Waals surface area contributed by atoms with Crippen molar-refractivity contribution in [2.75, 3.05) is 6.26 Å². The summed E-state index contributed by atoms with van der Waals surface area (Å²) in [5.41, 5.74) is 0.0269. The maximum atomic E-state index is 11.8. The first-order chi connectivity index (χ1) is 9.61. The quantitative estimate of drug-likeness (QED) is 0.658. The lowest BCUT2D eigenvalue weighted by atomic mass is 10.1. The van der Waals surface area contributed by atoms with Crippen LogP contribution in [0.5, 0.6) is 0 Å². The topological polar surface area (TPSA) is 138 Å². The zero-order valence-electron chi connectivity index (χ0n) is 10.9. The number of benzene rings is 1. The van der Waals surface area contributed by atoms with Gasteiger partial charge in [0.1, 0.15) is 6.04 Å². The summed E-state index contributed by atoms with van der Waals surface area (Å²) in [6.07, 6.45) is 0.248. The van der Waals surface area contributed by atoms with E-state index in [0.717, 1.165) is 6.26 Å². The molecule has 0 aromatic heterocycles. The van der Waals surface area contributed by atoms with Gasteiger partial charge < -0.3 is 15.5 Å². The van der Waals surface area contributed by atoms with Crippen molar-refractivity contribution in [1.29, 1.82) is 0 Å². The van der Waals surface area contributed by atoms with E-state index in [4.69, 9.17) is 10.2 Å². The molecular weight excluding hydrogens is 302 g/mol. The Balaban J connectivity index is 2.88. The van der Waals surface area contributed by atoms with Crippen molar-refractivity contribution in [3.8, 4) is 0 Å². The number of carbonyl (C=O) groups excluding carboxylic acids is 1. The average Bonchev–Trinajstić information content (AvgIpc) is 2.36. The molecule has 9 heteroatoms. The molecule has 0 saturated carbocycles. The Labute approximate surface area is 120 Å². The molecule has 1 unspecified atom stereocenters. The van der Waals surface area contributed by atoms with Crippen molar-refractivity contribution in [3.63, 3.8) is 0 Å². The predicted molar refractivity (Wildman–Crippen MR) is 70.7 cm³/mol. The molecule has 1 atom stereocenters. The van der Waals surface area contributed by atoms with Crippen LogP contribution >= 0.6 is 0 Å². The molecule has 0 aliphatic carbocycles. The molecule has 114 valence electrons. The van der Waals surface area contributed by atoms with E-state index in [-0.39, 0.29) is 10.5 Å². The van der Waals surface area contributed by atoms with Crippen molar-refractivity contribution >= 4 is 27.7 Å². The maximum Gasteiger partial charge on any atom is 0.326 e. The van der Waals surface area contributed by atoms with Gasteiger partial charge in [-0.05, 0) is 24.3 Å². The summed E-state index contributed by atoms with van der Waals surface area (Å²) in [6, 6.07) is 3.27. The summed E-state index contributed by atoms with van der Waals surface area (Å²) < 4.78 is 22.5. The number of nitrogens with one attached hydrogen (secondary N) is 1. The maximum absolute atomic E-state index is 11.8. The first-order valence-electron chi connectivity index (χ1n) is 5.67. The van der Waals surface area contributed by atoms with Gasteiger partial charge in [-0.3, -0.25) is 9.59 Å². The number of carbonyl (C=O) groups is 3. The largest absolute Gasteiger partial charge is 0.481 e. The lowest BCUT2D eigenvalue weighted by Gasteiger charge is -2.12. The van der Waals surface area contributed by atoms with Gasteiger partial charge in [-0.25, -0.2) is 13.2 Å². The Kier molecular flexibility index (Phi) is 5.03. The van der Waals surface area contributed by atoms with Gasteiger partial charge in [0.2, 0.25) is 0 Å². The second kappa shape index (κ2) is 6.35. The minimum atomic E-state index is -3.40. The van der Waals surface area contributed by atoms with E-state index >= 15 is 0 Å². The van der Waals surface area contributed by atoms with Gasteiger partial charge in [0.25, 0.3) is 5.91 Å². The molecule has 0 aliphatic heterocycles. The van der Waals surface area contributed by atoms with Crippen LogP contribution < -0.4 is 5.32 Å². The van der Waals surface area contributed by atoms with E-state index < -0.39 is 40.1 Å². The Hall–Kier alpha value is -2.42. The molecule has 21 heavy (non-hydrogen) atoms. The third-order valence-corrected chi connectivity index (χ3v) is 3.66. The number of aliphatic carboxylic acids is 2. The zero-order valence-corrected chi connectivity index (χ0v) is 11.8. The molecule has 1 amide bonds. The number of carboxylic acids is 2. The minimum Gasteiger partial charge on any atom is -0.481 e. The molecule has 0 saturated heterocycles. The van der Waals surface area contributed by atoms with E-state index in [9.17, 15) is 22.8 Å². The van der Waals surface area contributed by atoms with Crippen LogP contribution in [0.1, 0.15) is 16.8 Å². The Morgan fingerprint density at radius 2 is 1.67 bits per heavy atom. The van der Waals surface area contributed by atoms with Gasteiger partial charge in [0, 0.05) is 11.8 Å². The standard InChI is InChI=1S/C12H13NO7S/c1-21(19,20)8-4-2-7(3-5-8)11(16)13-9(12(17)18)6-10(14)15/h2-5,9H,6H2,1H3,(H,13,16)(H,14,15)(H,17,18). The first-order valence-corrected chi connectivity index (χ1v) is 7.56. The molecule has 0 heterocycles. The highest BCUT2D eigenvalue weighted by atomic mass is 32.2. The van der Waals surface area contributed by atoms with Crippen LogP contribution in [0, 0.1) is 0 Å². The fourth-order valence-corrected chi connectivity index (χ4v) is 2.10. The van der Waals surface area contributed by atoms with Crippen molar-refractivity contribution < 1.29 is 33.0 Å². The number of rotatable bonds is 6. The molecule has 0 bridgehead atoms. The molecule has 0 aliphatic rings. The van der Waals surface area contributed by atoms with Crippen LogP contribution in [0.25, 0.3) is 0 Å². The predicted octanol–water partition coefficient (Wildman–Crippen LogP) is -0.252. The summed E-state index contributed by atoms with van der Waals surface area (Å²) in [5.74, 6) is -3.64. The molecule has 1 aromatic carbocycles. The summed E-state index contributed by atoms with van der Waals surface area (Å²) in [4.78, 5) is 33.1. The first kappa shape index (κ1) is 16.6. The second-order valence-electron chi connectivity index (χ2n) is 4.26.